The first-order valence-electron chi connectivity index (χ1n) is 6.85. The Morgan fingerprint density at radius 2 is 2.25 bits per heavy atom. The lowest BCUT2D eigenvalue weighted by molar-refractivity contribution is 0.317. The number of pyridine rings is 1. The fourth-order valence-corrected chi connectivity index (χ4v) is 2.58. The molecule has 108 valence electrons. The zero-order chi connectivity index (χ0) is 14.4. The first kappa shape index (κ1) is 14.9. The summed E-state index contributed by atoms with van der Waals surface area (Å²) in [7, 11) is 0. The molecule has 2 rings (SSSR count). The summed E-state index contributed by atoms with van der Waals surface area (Å²) >= 11 is 1.69. The summed E-state index contributed by atoms with van der Waals surface area (Å²) < 4.78 is 5.90. The van der Waals surface area contributed by atoms with Crippen LogP contribution in [-0.4, -0.2) is 22.6 Å². The average Bonchev–Trinajstić information content (AvgIpc) is 2.83. The molecule has 0 aliphatic carbocycles. The molecular formula is C15H21N3OS. The molecule has 0 saturated heterocycles. The van der Waals surface area contributed by atoms with Gasteiger partial charge in [0.2, 0.25) is 0 Å². The number of aryl methyl sites for hydroxylation is 1. The zero-order valence-corrected chi connectivity index (χ0v) is 13.0. The smallest absolute Gasteiger partial charge is 0.126 e. The van der Waals surface area contributed by atoms with Crippen LogP contribution in [0.3, 0.4) is 0 Å². The summed E-state index contributed by atoms with van der Waals surface area (Å²) in [6, 6.07) is 2.37. The Balaban J connectivity index is 1.90. The van der Waals surface area contributed by atoms with Gasteiger partial charge in [-0.2, -0.15) is 0 Å². The second-order valence-electron chi connectivity index (χ2n) is 4.98. The molecule has 2 heterocycles. The molecule has 0 spiro atoms. The summed E-state index contributed by atoms with van der Waals surface area (Å²) in [5, 5.41) is 3.39. The minimum Gasteiger partial charge on any atom is -0.493 e. The van der Waals surface area contributed by atoms with Crippen LogP contribution in [0.15, 0.2) is 24.0 Å². The summed E-state index contributed by atoms with van der Waals surface area (Å²) in [5.41, 5.74) is 4.09. The maximum Gasteiger partial charge on any atom is 0.126 e. The molecule has 1 N–H and O–H groups in total. The van der Waals surface area contributed by atoms with E-state index >= 15 is 0 Å². The largest absolute Gasteiger partial charge is 0.493 e. The molecule has 0 unspecified atom stereocenters. The second kappa shape index (κ2) is 7.36. The van der Waals surface area contributed by atoms with Crippen molar-refractivity contribution in [2.24, 2.45) is 0 Å². The lowest BCUT2D eigenvalue weighted by Gasteiger charge is -2.13. The van der Waals surface area contributed by atoms with Crippen LogP contribution >= 0.6 is 11.3 Å². The maximum absolute atomic E-state index is 5.90. The summed E-state index contributed by atoms with van der Waals surface area (Å²) in [6.07, 6.45) is 4.53. The zero-order valence-electron chi connectivity index (χ0n) is 12.2. The topological polar surface area (TPSA) is 47.0 Å². The van der Waals surface area contributed by atoms with Gasteiger partial charge in [-0.05, 0) is 13.0 Å². The van der Waals surface area contributed by atoms with Gasteiger partial charge >= 0.3 is 0 Å². The van der Waals surface area contributed by atoms with Gasteiger partial charge in [0.25, 0.3) is 0 Å². The number of hydrogen-bond donors (Lipinski definition) is 1. The molecule has 0 amide bonds. The highest BCUT2D eigenvalue weighted by atomic mass is 32.1. The van der Waals surface area contributed by atoms with Crippen molar-refractivity contribution in [2.45, 2.75) is 39.8 Å². The molecule has 0 aromatic carbocycles. The van der Waals surface area contributed by atoms with E-state index in [1.54, 1.807) is 17.5 Å². The van der Waals surface area contributed by atoms with E-state index in [0.717, 1.165) is 30.0 Å². The number of thiazole rings is 1. The Morgan fingerprint density at radius 1 is 1.40 bits per heavy atom. The summed E-state index contributed by atoms with van der Waals surface area (Å²) in [4.78, 5) is 9.71. The van der Waals surface area contributed by atoms with Crippen molar-refractivity contribution in [3.05, 3.63) is 40.1 Å². The predicted octanol–water partition coefficient (Wildman–Crippen LogP) is 2.97. The Bertz CT molecular complexity index is 539. The number of aromatic nitrogens is 2. The lowest BCUT2D eigenvalue weighted by atomic mass is 10.2. The Hall–Kier alpha value is -1.46. The van der Waals surface area contributed by atoms with Gasteiger partial charge in [-0.1, -0.05) is 13.8 Å². The number of nitrogens with zero attached hydrogens (tertiary/aromatic N) is 2. The minimum absolute atomic E-state index is 0.447. The SMILES string of the molecule is Cc1ncsc1CCOc1ccncc1CNC(C)C. The van der Waals surface area contributed by atoms with Crippen molar-refractivity contribution in [3.8, 4) is 5.75 Å². The van der Waals surface area contributed by atoms with Gasteiger partial charge in [0.15, 0.2) is 0 Å². The summed E-state index contributed by atoms with van der Waals surface area (Å²) in [5.74, 6) is 0.912. The van der Waals surface area contributed by atoms with Crippen molar-refractivity contribution < 1.29 is 4.74 Å². The third-order valence-corrected chi connectivity index (χ3v) is 3.99. The van der Waals surface area contributed by atoms with Gasteiger partial charge in [-0.3, -0.25) is 4.98 Å². The number of ether oxygens (including phenoxy) is 1. The highest BCUT2D eigenvalue weighted by Crippen LogP contribution is 2.18. The fourth-order valence-electron chi connectivity index (χ4n) is 1.82. The van der Waals surface area contributed by atoms with Crippen molar-refractivity contribution >= 4 is 11.3 Å². The lowest BCUT2D eigenvalue weighted by Crippen LogP contribution is -2.22. The van der Waals surface area contributed by atoms with Crippen LogP contribution in [0.2, 0.25) is 0 Å². The molecule has 20 heavy (non-hydrogen) atoms. The highest BCUT2D eigenvalue weighted by Gasteiger charge is 2.06. The van der Waals surface area contributed by atoms with Crippen molar-refractivity contribution in [1.29, 1.82) is 0 Å². The van der Waals surface area contributed by atoms with E-state index in [9.17, 15) is 0 Å². The first-order chi connectivity index (χ1) is 9.66. The molecule has 0 aliphatic heterocycles. The molecule has 0 radical (unpaired) electrons. The Labute approximate surface area is 124 Å². The van der Waals surface area contributed by atoms with Crippen molar-refractivity contribution in [3.63, 3.8) is 0 Å². The van der Waals surface area contributed by atoms with E-state index in [-0.39, 0.29) is 0 Å². The van der Waals surface area contributed by atoms with E-state index in [1.807, 2.05) is 24.7 Å². The molecule has 5 heteroatoms. The minimum atomic E-state index is 0.447. The molecule has 0 bridgehead atoms. The predicted molar refractivity (Wildman–Crippen MR) is 82.3 cm³/mol. The molecule has 2 aromatic rings. The van der Waals surface area contributed by atoms with E-state index in [1.165, 1.54) is 4.88 Å². The van der Waals surface area contributed by atoms with Crippen molar-refractivity contribution in [2.75, 3.05) is 6.61 Å². The average molecular weight is 291 g/mol. The van der Waals surface area contributed by atoms with E-state index in [2.05, 4.69) is 29.1 Å². The fraction of sp³-hybridized carbons (Fsp3) is 0.467. The Kier molecular flexibility index (Phi) is 5.49. The quantitative estimate of drug-likeness (QED) is 0.852. The van der Waals surface area contributed by atoms with Gasteiger partial charge in [-0.15, -0.1) is 11.3 Å². The third-order valence-electron chi connectivity index (χ3n) is 2.99. The highest BCUT2D eigenvalue weighted by molar-refractivity contribution is 7.09. The van der Waals surface area contributed by atoms with Crippen LogP contribution in [0.1, 0.15) is 30.0 Å². The van der Waals surface area contributed by atoms with Gasteiger partial charge in [0.05, 0.1) is 17.8 Å². The molecular weight excluding hydrogens is 270 g/mol. The van der Waals surface area contributed by atoms with Crippen LogP contribution in [0.5, 0.6) is 5.75 Å². The monoisotopic (exact) mass is 291 g/mol. The molecule has 0 fully saturated rings. The molecule has 0 aliphatic rings. The van der Waals surface area contributed by atoms with Gasteiger partial charge < -0.3 is 10.1 Å². The van der Waals surface area contributed by atoms with E-state index < -0.39 is 0 Å². The van der Waals surface area contributed by atoms with Crippen LogP contribution in [0.25, 0.3) is 0 Å². The molecule has 4 nitrogen and oxygen atoms in total. The van der Waals surface area contributed by atoms with Gasteiger partial charge in [0, 0.05) is 41.8 Å². The standard InChI is InChI=1S/C15H21N3OS/c1-11(2)17-9-13-8-16-6-4-14(13)19-7-5-15-12(3)18-10-20-15/h4,6,8,10-11,17H,5,7,9H2,1-3H3. The number of rotatable bonds is 7. The van der Waals surface area contributed by atoms with Gasteiger partial charge in [0.1, 0.15) is 5.75 Å². The van der Waals surface area contributed by atoms with Crippen LogP contribution in [0, 0.1) is 6.92 Å². The molecule has 2 aromatic heterocycles. The van der Waals surface area contributed by atoms with Crippen LogP contribution < -0.4 is 10.1 Å². The summed E-state index contributed by atoms with van der Waals surface area (Å²) in [6.45, 7) is 7.74. The molecule has 0 saturated carbocycles. The second-order valence-corrected chi connectivity index (χ2v) is 5.92. The van der Waals surface area contributed by atoms with E-state index in [0.29, 0.717) is 12.6 Å². The van der Waals surface area contributed by atoms with Crippen LogP contribution in [-0.2, 0) is 13.0 Å². The number of hydrogen-bond acceptors (Lipinski definition) is 5. The molecule has 0 atom stereocenters. The van der Waals surface area contributed by atoms with E-state index in [4.69, 9.17) is 4.74 Å². The third kappa shape index (κ3) is 4.28. The number of nitrogens with one attached hydrogen (secondary N) is 1. The van der Waals surface area contributed by atoms with Gasteiger partial charge in [-0.25, -0.2) is 4.98 Å². The van der Waals surface area contributed by atoms with Crippen LogP contribution in [0.4, 0.5) is 0 Å². The maximum atomic E-state index is 5.90. The van der Waals surface area contributed by atoms with Crippen molar-refractivity contribution in [1.82, 2.24) is 15.3 Å². The normalized spacial score (nSPS) is 11.0. The Morgan fingerprint density at radius 3 is 2.95 bits per heavy atom. The first-order valence-corrected chi connectivity index (χ1v) is 7.73.